The Kier molecular flexibility index (Phi) is 4.35. The Morgan fingerprint density at radius 2 is 2.14 bits per heavy atom. The number of nitrogens with zero attached hydrogens (tertiary/aromatic N) is 1. The predicted molar refractivity (Wildman–Crippen MR) is 78.3 cm³/mol. The van der Waals surface area contributed by atoms with Crippen LogP contribution in [0, 0.1) is 5.92 Å². The van der Waals surface area contributed by atoms with E-state index in [1.165, 1.54) is 12.0 Å². The molecule has 1 aromatic rings. The summed E-state index contributed by atoms with van der Waals surface area (Å²) in [6, 6.07) is 4.00. The zero-order valence-electron chi connectivity index (χ0n) is 12.2. The van der Waals surface area contributed by atoms with Gasteiger partial charge in [0, 0.05) is 18.3 Å². The Bertz CT molecular complexity index is 559. The van der Waals surface area contributed by atoms with Gasteiger partial charge in [-0.2, -0.15) is 0 Å². The number of carbonyl (C=O) groups is 2. The first-order chi connectivity index (χ1) is 9.93. The minimum absolute atomic E-state index is 0.294. The minimum Gasteiger partial charge on any atom is -0.497 e. The van der Waals surface area contributed by atoms with E-state index in [1.54, 1.807) is 18.2 Å². The van der Waals surface area contributed by atoms with Crippen LogP contribution in [0.5, 0.6) is 5.75 Å². The summed E-state index contributed by atoms with van der Waals surface area (Å²) < 4.78 is 5.05. The van der Waals surface area contributed by atoms with Gasteiger partial charge in [0.1, 0.15) is 11.8 Å². The SMILES string of the molecule is COc1ccc(C(=O)N2CCC(C)CC2C(=O)O)c(N)c1. The molecule has 2 rings (SSSR count). The Morgan fingerprint density at radius 1 is 1.43 bits per heavy atom. The summed E-state index contributed by atoms with van der Waals surface area (Å²) in [6.45, 7) is 2.43. The number of hydrogen-bond acceptors (Lipinski definition) is 4. The van der Waals surface area contributed by atoms with Gasteiger partial charge in [-0.05, 0) is 30.9 Å². The van der Waals surface area contributed by atoms with Gasteiger partial charge in [-0.3, -0.25) is 4.79 Å². The normalized spacial score (nSPS) is 21.9. The van der Waals surface area contributed by atoms with E-state index in [0.717, 1.165) is 6.42 Å². The number of rotatable bonds is 3. The lowest BCUT2D eigenvalue weighted by Gasteiger charge is -2.36. The largest absolute Gasteiger partial charge is 0.497 e. The van der Waals surface area contributed by atoms with E-state index in [9.17, 15) is 14.7 Å². The highest BCUT2D eigenvalue weighted by Crippen LogP contribution is 2.27. The van der Waals surface area contributed by atoms with Crippen LogP contribution in [-0.4, -0.2) is 41.6 Å². The van der Waals surface area contributed by atoms with Crippen LogP contribution in [-0.2, 0) is 4.79 Å². The molecule has 0 spiro atoms. The maximum atomic E-state index is 12.6. The van der Waals surface area contributed by atoms with E-state index in [-0.39, 0.29) is 5.91 Å². The highest BCUT2D eigenvalue weighted by atomic mass is 16.5. The molecule has 1 saturated heterocycles. The second-order valence-electron chi connectivity index (χ2n) is 5.44. The second-order valence-corrected chi connectivity index (χ2v) is 5.44. The first kappa shape index (κ1) is 15.2. The number of anilines is 1. The Labute approximate surface area is 123 Å². The summed E-state index contributed by atoms with van der Waals surface area (Å²) in [7, 11) is 1.52. The number of hydrogen-bond donors (Lipinski definition) is 2. The van der Waals surface area contributed by atoms with Crippen molar-refractivity contribution in [3.63, 3.8) is 0 Å². The molecule has 114 valence electrons. The number of carboxylic acid groups (broad SMARTS) is 1. The van der Waals surface area contributed by atoms with Gasteiger partial charge in [0.05, 0.1) is 12.7 Å². The van der Waals surface area contributed by atoms with E-state index in [2.05, 4.69) is 0 Å². The minimum atomic E-state index is -0.970. The molecule has 1 aromatic carbocycles. The fourth-order valence-electron chi connectivity index (χ4n) is 2.64. The first-order valence-electron chi connectivity index (χ1n) is 6.91. The molecule has 3 N–H and O–H groups in total. The summed E-state index contributed by atoms with van der Waals surface area (Å²) >= 11 is 0. The summed E-state index contributed by atoms with van der Waals surface area (Å²) in [4.78, 5) is 25.4. The number of nitrogen functional groups attached to an aromatic ring is 1. The Balaban J connectivity index is 2.27. The van der Waals surface area contributed by atoms with Crippen molar-refractivity contribution >= 4 is 17.6 Å². The van der Waals surface area contributed by atoms with Gasteiger partial charge < -0.3 is 20.5 Å². The number of amides is 1. The van der Waals surface area contributed by atoms with Gasteiger partial charge >= 0.3 is 5.97 Å². The van der Waals surface area contributed by atoms with Crippen LogP contribution >= 0.6 is 0 Å². The van der Waals surface area contributed by atoms with E-state index in [4.69, 9.17) is 10.5 Å². The number of ether oxygens (including phenoxy) is 1. The monoisotopic (exact) mass is 292 g/mol. The molecular weight excluding hydrogens is 272 g/mol. The maximum Gasteiger partial charge on any atom is 0.326 e. The van der Waals surface area contributed by atoms with Crippen molar-refractivity contribution in [1.29, 1.82) is 0 Å². The Morgan fingerprint density at radius 3 is 2.71 bits per heavy atom. The van der Waals surface area contributed by atoms with E-state index >= 15 is 0 Å². The molecule has 1 aliphatic rings. The molecule has 0 aliphatic carbocycles. The van der Waals surface area contributed by atoms with Gasteiger partial charge in [0.25, 0.3) is 5.91 Å². The summed E-state index contributed by atoms with van der Waals surface area (Å²) in [5.41, 5.74) is 6.49. The number of aliphatic carboxylic acids is 1. The molecule has 1 fully saturated rings. The predicted octanol–water partition coefficient (Wildman–Crippen LogP) is 1.60. The van der Waals surface area contributed by atoms with Crippen molar-refractivity contribution in [1.82, 2.24) is 4.90 Å². The van der Waals surface area contributed by atoms with Crippen LogP contribution in [0.1, 0.15) is 30.1 Å². The molecule has 2 unspecified atom stereocenters. The Hall–Kier alpha value is -2.24. The van der Waals surface area contributed by atoms with Crippen molar-refractivity contribution < 1.29 is 19.4 Å². The molecule has 0 radical (unpaired) electrons. The molecule has 1 aliphatic heterocycles. The van der Waals surface area contributed by atoms with Crippen LogP contribution in [0.3, 0.4) is 0 Å². The van der Waals surface area contributed by atoms with Crippen molar-refractivity contribution in [2.24, 2.45) is 5.92 Å². The molecule has 2 atom stereocenters. The lowest BCUT2D eigenvalue weighted by Crippen LogP contribution is -2.49. The summed E-state index contributed by atoms with van der Waals surface area (Å²) in [5.74, 6) is -0.453. The summed E-state index contributed by atoms with van der Waals surface area (Å²) in [5, 5.41) is 9.33. The topological polar surface area (TPSA) is 92.9 Å². The molecule has 1 amide bonds. The zero-order chi connectivity index (χ0) is 15.6. The highest BCUT2D eigenvalue weighted by Gasteiger charge is 2.35. The molecule has 0 bridgehead atoms. The average molecular weight is 292 g/mol. The number of methoxy groups -OCH3 is 1. The quantitative estimate of drug-likeness (QED) is 0.825. The molecule has 21 heavy (non-hydrogen) atoms. The molecule has 6 heteroatoms. The molecule has 0 saturated carbocycles. The third-order valence-corrected chi connectivity index (χ3v) is 3.90. The number of nitrogens with two attached hydrogens (primary N) is 1. The number of carboxylic acids is 1. The fraction of sp³-hybridized carbons (Fsp3) is 0.467. The van der Waals surface area contributed by atoms with Gasteiger partial charge in [-0.25, -0.2) is 4.79 Å². The third-order valence-electron chi connectivity index (χ3n) is 3.90. The number of carbonyl (C=O) groups excluding carboxylic acids is 1. The zero-order valence-corrected chi connectivity index (χ0v) is 12.2. The molecule has 1 heterocycles. The number of likely N-dealkylation sites (tertiary alicyclic amines) is 1. The highest BCUT2D eigenvalue weighted by molar-refractivity contribution is 6.01. The van der Waals surface area contributed by atoms with Gasteiger partial charge in [0.2, 0.25) is 0 Å². The number of benzene rings is 1. The lowest BCUT2D eigenvalue weighted by atomic mass is 9.91. The number of piperidine rings is 1. The van der Waals surface area contributed by atoms with Crippen molar-refractivity contribution in [3.8, 4) is 5.75 Å². The smallest absolute Gasteiger partial charge is 0.326 e. The standard InChI is InChI=1S/C15H20N2O4/c1-9-5-6-17(13(7-9)15(19)20)14(18)11-4-3-10(21-2)8-12(11)16/h3-4,8-9,13H,5-7,16H2,1-2H3,(H,19,20). The van der Waals surface area contributed by atoms with Crippen LogP contribution in [0.2, 0.25) is 0 Å². The van der Waals surface area contributed by atoms with Crippen molar-refractivity contribution in [2.45, 2.75) is 25.8 Å². The van der Waals surface area contributed by atoms with Gasteiger partial charge in [-0.15, -0.1) is 0 Å². The summed E-state index contributed by atoms with van der Waals surface area (Å²) in [6.07, 6.45) is 1.27. The molecule has 0 aromatic heterocycles. The second kappa shape index (κ2) is 6.03. The van der Waals surface area contributed by atoms with Crippen LogP contribution in [0.15, 0.2) is 18.2 Å². The lowest BCUT2D eigenvalue weighted by molar-refractivity contribution is -0.144. The first-order valence-corrected chi connectivity index (χ1v) is 6.91. The fourth-order valence-corrected chi connectivity index (χ4v) is 2.64. The maximum absolute atomic E-state index is 12.6. The van der Waals surface area contributed by atoms with E-state index in [1.807, 2.05) is 6.92 Å². The van der Waals surface area contributed by atoms with Gasteiger partial charge in [-0.1, -0.05) is 6.92 Å². The van der Waals surface area contributed by atoms with E-state index in [0.29, 0.717) is 35.9 Å². The van der Waals surface area contributed by atoms with E-state index < -0.39 is 12.0 Å². The third kappa shape index (κ3) is 3.09. The van der Waals surface area contributed by atoms with Crippen LogP contribution in [0.25, 0.3) is 0 Å². The van der Waals surface area contributed by atoms with Crippen LogP contribution < -0.4 is 10.5 Å². The van der Waals surface area contributed by atoms with Crippen molar-refractivity contribution in [3.05, 3.63) is 23.8 Å². The molecular formula is C15H20N2O4. The average Bonchev–Trinajstić information content (AvgIpc) is 2.46. The van der Waals surface area contributed by atoms with Gasteiger partial charge in [0.15, 0.2) is 0 Å². The van der Waals surface area contributed by atoms with Crippen molar-refractivity contribution in [2.75, 3.05) is 19.4 Å². The van der Waals surface area contributed by atoms with Crippen LogP contribution in [0.4, 0.5) is 5.69 Å². The molecule has 6 nitrogen and oxygen atoms in total.